The van der Waals surface area contributed by atoms with Crippen molar-refractivity contribution in [3.05, 3.63) is 22.4 Å². The Morgan fingerprint density at radius 3 is 2.17 bits per heavy atom. The van der Waals surface area contributed by atoms with Crippen molar-refractivity contribution in [2.24, 2.45) is 0 Å². The molecular formula is C15H23BN2O5. The highest BCUT2D eigenvalue weighted by molar-refractivity contribution is 6.62. The summed E-state index contributed by atoms with van der Waals surface area (Å²) in [5.41, 5.74) is -1.33. The smallest absolute Gasteiger partial charge is 0.467 e. The van der Waals surface area contributed by atoms with Gasteiger partial charge in [0.1, 0.15) is 5.60 Å². The summed E-state index contributed by atoms with van der Waals surface area (Å²) >= 11 is 0. The van der Waals surface area contributed by atoms with Gasteiger partial charge in [-0.2, -0.15) is 0 Å². The molecule has 0 aliphatic carbocycles. The number of rotatable bonds is 3. The van der Waals surface area contributed by atoms with Crippen LogP contribution in [0.15, 0.2) is 12.3 Å². The third-order valence-corrected chi connectivity index (χ3v) is 3.98. The number of pyridine rings is 1. The molecule has 1 aromatic heterocycles. The summed E-state index contributed by atoms with van der Waals surface area (Å²) in [5.74, 6) is -0.0113. The van der Waals surface area contributed by atoms with Crippen LogP contribution < -0.4 is 10.2 Å². The van der Waals surface area contributed by atoms with Crippen molar-refractivity contribution in [1.29, 1.82) is 0 Å². The van der Waals surface area contributed by atoms with Crippen molar-refractivity contribution < 1.29 is 19.0 Å². The zero-order valence-corrected chi connectivity index (χ0v) is 14.7. The molecule has 8 heteroatoms. The van der Waals surface area contributed by atoms with Gasteiger partial charge in [-0.05, 0) is 48.5 Å². The SMILES string of the molecule is CC(C)(C)Oc1ncc(B2OC(C)(C)C(C)(C)O2)cc1[N+](=O)[O-]. The molecule has 1 aromatic rings. The van der Waals surface area contributed by atoms with Gasteiger partial charge in [-0.25, -0.2) is 4.98 Å². The number of nitrogens with zero attached hydrogens (tertiary/aromatic N) is 2. The molecule has 0 bridgehead atoms. The number of hydrogen-bond acceptors (Lipinski definition) is 6. The molecule has 0 amide bonds. The molecule has 1 fully saturated rings. The molecule has 0 N–H and O–H groups in total. The predicted octanol–water partition coefficient (Wildman–Crippen LogP) is 2.47. The first kappa shape index (κ1) is 17.7. The molecule has 23 heavy (non-hydrogen) atoms. The molecule has 0 radical (unpaired) electrons. The standard InChI is InChI=1S/C15H23BN2O5/c1-13(2,3)21-12-11(18(19)20)8-10(9-17-12)16-22-14(4,5)15(6,7)23-16/h8-9H,1-7H3. The third kappa shape index (κ3) is 3.64. The Hall–Kier alpha value is -1.67. The first-order chi connectivity index (χ1) is 10.3. The van der Waals surface area contributed by atoms with E-state index in [4.69, 9.17) is 14.0 Å². The molecule has 0 saturated carbocycles. The second kappa shape index (κ2) is 5.45. The quantitative estimate of drug-likeness (QED) is 0.483. The van der Waals surface area contributed by atoms with Crippen LogP contribution in [-0.2, 0) is 9.31 Å². The fourth-order valence-electron chi connectivity index (χ4n) is 2.06. The molecule has 2 rings (SSSR count). The van der Waals surface area contributed by atoms with Crippen LogP contribution in [0.4, 0.5) is 5.69 Å². The Morgan fingerprint density at radius 1 is 1.22 bits per heavy atom. The summed E-state index contributed by atoms with van der Waals surface area (Å²) in [5, 5.41) is 11.3. The monoisotopic (exact) mass is 322 g/mol. The Morgan fingerprint density at radius 2 is 1.74 bits per heavy atom. The predicted molar refractivity (Wildman–Crippen MR) is 87.0 cm³/mol. The Balaban J connectivity index is 2.36. The lowest BCUT2D eigenvalue weighted by Gasteiger charge is -2.32. The van der Waals surface area contributed by atoms with E-state index in [-0.39, 0.29) is 11.6 Å². The molecule has 126 valence electrons. The van der Waals surface area contributed by atoms with E-state index >= 15 is 0 Å². The van der Waals surface area contributed by atoms with Crippen LogP contribution in [-0.4, -0.2) is 33.8 Å². The topological polar surface area (TPSA) is 83.7 Å². The summed E-state index contributed by atoms with van der Waals surface area (Å²) < 4.78 is 17.4. The normalized spacial score (nSPS) is 19.7. The summed E-state index contributed by atoms with van der Waals surface area (Å²) in [6.45, 7) is 13.1. The van der Waals surface area contributed by atoms with Crippen molar-refractivity contribution in [2.45, 2.75) is 65.3 Å². The Kier molecular flexibility index (Phi) is 4.19. The molecule has 0 atom stereocenters. The van der Waals surface area contributed by atoms with Gasteiger partial charge in [0, 0.05) is 17.7 Å². The fourth-order valence-corrected chi connectivity index (χ4v) is 2.06. The third-order valence-electron chi connectivity index (χ3n) is 3.98. The van der Waals surface area contributed by atoms with Gasteiger partial charge in [-0.15, -0.1) is 0 Å². The molecule has 0 unspecified atom stereocenters. The van der Waals surface area contributed by atoms with E-state index in [9.17, 15) is 10.1 Å². The van der Waals surface area contributed by atoms with Gasteiger partial charge in [-0.3, -0.25) is 10.1 Å². The highest BCUT2D eigenvalue weighted by Gasteiger charge is 2.52. The highest BCUT2D eigenvalue weighted by atomic mass is 16.7. The van der Waals surface area contributed by atoms with Crippen LogP contribution >= 0.6 is 0 Å². The Bertz CT molecular complexity index is 609. The average Bonchev–Trinajstić information content (AvgIpc) is 2.56. The summed E-state index contributed by atoms with van der Waals surface area (Å²) in [6.07, 6.45) is 1.50. The summed E-state index contributed by atoms with van der Waals surface area (Å²) in [6, 6.07) is 1.40. The van der Waals surface area contributed by atoms with Gasteiger partial charge in [-0.1, -0.05) is 0 Å². The zero-order valence-electron chi connectivity index (χ0n) is 14.7. The molecule has 1 aliphatic heterocycles. The van der Waals surface area contributed by atoms with Crippen LogP contribution in [0.5, 0.6) is 5.88 Å². The first-order valence-electron chi connectivity index (χ1n) is 7.51. The minimum absolute atomic E-state index is 0.0113. The number of aromatic nitrogens is 1. The second-order valence-corrected chi connectivity index (χ2v) is 7.65. The van der Waals surface area contributed by atoms with Crippen LogP contribution in [0, 0.1) is 10.1 Å². The van der Waals surface area contributed by atoms with Gasteiger partial charge in [0.25, 0.3) is 5.88 Å². The molecule has 0 aromatic carbocycles. The molecule has 1 aliphatic rings. The maximum absolute atomic E-state index is 11.3. The molecule has 7 nitrogen and oxygen atoms in total. The van der Waals surface area contributed by atoms with Crippen molar-refractivity contribution in [2.75, 3.05) is 0 Å². The maximum atomic E-state index is 11.3. The second-order valence-electron chi connectivity index (χ2n) is 7.65. The van der Waals surface area contributed by atoms with Crippen molar-refractivity contribution in [1.82, 2.24) is 4.98 Å². The Labute approximate surface area is 136 Å². The molecular weight excluding hydrogens is 299 g/mol. The fraction of sp³-hybridized carbons (Fsp3) is 0.667. The van der Waals surface area contributed by atoms with E-state index in [2.05, 4.69) is 4.98 Å². The minimum Gasteiger partial charge on any atom is -0.467 e. The van der Waals surface area contributed by atoms with Gasteiger partial charge in [0.15, 0.2) is 0 Å². The minimum atomic E-state index is -0.699. The first-order valence-corrected chi connectivity index (χ1v) is 7.51. The van der Waals surface area contributed by atoms with E-state index in [0.717, 1.165) is 0 Å². The number of nitro groups is 1. The van der Waals surface area contributed by atoms with Crippen molar-refractivity contribution >= 4 is 18.3 Å². The van der Waals surface area contributed by atoms with E-state index < -0.39 is 28.8 Å². The zero-order chi connectivity index (χ0) is 17.6. The van der Waals surface area contributed by atoms with E-state index in [1.807, 2.05) is 27.7 Å². The van der Waals surface area contributed by atoms with Crippen molar-refractivity contribution in [3.8, 4) is 5.88 Å². The molecule has 2 heterocycles. The summed E-state index contributed by atoms with van der Waals surface area (Å²) in [4.78, 5) is 14.9. The van der Waals surface area contributed by atoms with Gasteiger partial charge in [0.05, 0.1) is 16.1 Å². The van der Waals surface area contributed by atoms with Crippen LogP contribution in [0.3, 0.4) is 0 Å². The van der Waals surface area contributed by atoms with Crippen LogP contribution in [0.25, 0.3) is 0 Å². The lowest BCUT2D eigenvalue weighted by Crippen LogP contribution is -2.41. The van der Waals surface area contributed by atoms with Crippen molar-refractivity contribution in [3.63, 3.8) is 0 Å². The van der Waals surface area contributed by atoms with Crippen LogP contribution in [0.2, 0.25) is 0 Å². The largest absolute Gasteiger partial charge is 0.496 e. The van der Waals surface area contributed by atoms with Gasteiger partial charge < -0.3 is 14.0 Å². The van der Waals surface area contributed by atoms with Gasteiger partial charge in [0.2, 0.25) is 0 Å². The van der Waals surface area contributed by atoms with E-state index in [1.165, 1.54) is 12.3 Å². The highest BCUT2D eigenvalue weighted by Crippen LogP contribution is 2.37. The van der Waals surface area contributed by atoms with Gasteiger partial charge >= 0.3 is 12.8 Å². The van der Waals surface area contributed by atoms with E-state index in [0.29, 0.717) is 5.46 Å². The van der Waals surface area contributed by atoms with E-state index in [1.54, 1.807) is 20.8 Å². The number of ether oxygens (including phenoxy) is 1. The average molecular weight is 322 g/mol. The lowest BCUT2D eigenvalue weighted by atomic mass is 9.80. The summed E-state index contributed by atoms with van der Waals surface area (Å²) in [7, 11) is -0.699. The number of hydrogen-bond donors (Lipinski definition) is 0. The lowest BCUT2D eigenvalue weighted by molar-refractivity contribution is -0.386. The molecule has 1 saturated heterocycles. The maximum Gasteiger partial charge on any atom is 0.496 e. The van der Waals surface area contributed by atoms with Crippen LogP contribution in [0.1, 0.15) is 48.5 Å². The molecule has 0 spiro atoms.